The van der Waals surface area contributed by atoms with Gasteiger partial charge in [0.15, 0.2) is 0 Å². The van der Waals surface area contributed by atoms with E-state index < -0.39 is 12.0 Å². The number of furan rings is 1. The number of fused-ring (bicyclic) bond motifs is 1. The summed E-state index contributed by atoms with van der Waals surface area (Å²) in [6.07, 6.45) is -2.72. The monoisotopic (exact) mass is 297 g/mol. The molecule has 2 aromatic rings. The van der Waals surface area contributed by atoms with E-state index in [-0.39, 0.29) is 0 Å². The molecule has 21 heavy (non-hydrogen) atoms. The van der Waals surface area contributed by atoms with Gasteiger partial charge in [0.1, 0.15) is 11.5 Å². The molecule has 0 N–H and O–H groups in total. The second-order valence-corrected chi connectivity index (χ2v) is 5.14. The fraction of sp³-hybridized carbons (Fsp3) is 0.429. The van der Waals surface area contributed by atoms with Crippen molar-refractivity contribution in [2.45, 2.75) is 32.6 Å². The molecule has 3 rings (SSSR count). The van der Waals surface area contributed by atoms with Gasteiger partial charge in [-0.3, -0.25) is 4.90 Å². The molecule has 112 valence electrons. The SMILES string of the molecule is Cc1ccc(CN2CCc3nc(C(F)(F)F)ncc3C2)o1. The van der Waals surface area contributed by atoms with Crippen molar-refractivity contribution < 1.29 is 17.6 Å². The van der Waals surface area contributed by atoms with Crippen LogP contribution in [-0.2, 0) is 25.7 Å². The van der Waals surface area contributed by atoms with Crippen LogP contribution in [0.15, 0.2) is 22.7 Å². The Bertz CT molecular complexity index is 651. The molecule has 0 aromatic carbocycles. The van der Waals surface area contributed by atoms with Crippen LogP contribution in [0, 0.1) is 6.92 Å². The highest BCUT2D eigenvalue weighted by atomic mass is 19.4. The van der Waals surface area contributed by atoms with Crippen LogP contribution in [0.5, 0.6) is 0 Å². The van der Waals surface area contributed by atoms with Crippen LogP contribution in [0.1, 0.15) is 28.6 Å². The normalized spacial score (nSPS) is 16.0. The highest BCUT2D eigenvalue weighted by Gasteiger charge is 2.35. The second kappa shape index (κ2) is 5.14. The maximum absolute atomic E-state index is 12.6. The van der Waals surface area contributed by atoms with Crippen molar-refractivity contribution in [1.29, 1.82) is 0 Å². The van der Waals surface area contributed by atoms with Gasteiger partial charge in [-0.05, 0) is 19.1 Å². The average Bonchev–Trinajstić information content (AvgIpc) is 2.82. The number of hydrogen-bond donors (Lipinski definition) is 0. The van der Waals surface area contributed by atoms with Crippen molar-refractivity contribution in [2.24, 2.45) is 0 Å². The molecule has 0 aliphatic carbocycles. The van der Waals surface area contributed by atoms with Gasteiger partial charge in [-0.25, -0.2) is 9.97 Å². The summed E-state index contributed by atoms with van der Waals surface area (Å²) in [5.41, 5.74) is 1.24. The summed E-state index contributed by atoms with van der Waals surface area (Å²) in [6.45, 7) is 3.70. The van der Waals surface area contributed by atoms with Gasteiger partial charge in [0.25, 0.3) is 0 Å². The Morgan fingerprint density at radius 2 is 2.14 bits per heavy atom. The second-order valence-electron chi connectivity index (χ2n) is 5.14. The first-order valence-corrected chi connectivity index (χ1v) is 6.61. The van der Waals surface area contributed by atoms with Crippen LogP contribution in [-0.4, -0.2) is 21.4 Å². The summed E-state index contributed by atoms with van der Waals surface area (Å²) >= 11 is 0. The lowest BCUT2D eigenvalue weighted by Gasteiger charge is -2.27. The van der Waals surface area contributed by atoms with Gasteiger partial charge in [0.2, 0.25) is 5.82 Å². The summed E-state index contributed by atoms with van der Waals surface area (Å²) in [6, 6.07) is 3.81. The van der Waals surface area contributed by atoms with Crippen molar-refractivity contribution >= 4 is 0 Å². The Morgan fingerprint density at radius 3 is 2.81 bits per heavy atom. The van der Waals surface area contributed by atoms with Crippen molar-refractivity contribution in [3.8, 4) is 0 Å². The highest BCUT2D eigenvalue weighted by molar-refractivity contribution is 5.21. The number of aryl methyl sites for hydroxylation is 1. The molecule has 0 saturated carbocycles. The molecule has 0 saturated heterocycles. The van der Waals surface area contributed by atoms with Gasteiger partial charge in [0, 0.05) is 31.3 Å². The van der Waals surface area contributed by atoms with Crippen molar-refractivity contribution in [1.82, 2.24) is 14.9 Å². The van der Waals surface area contributed by atoms with E-state index in [0.29, 0.717) is 31.7 Å². The molecule has 1 aliphatic rings. The molecule has 0 fully saturated rings. The van der Waals surface area contributed by atoms with Gasteiger partial charge in [-0.15, -0.1) is 0 Å². The van der Waals surface area contributed by atoms with E-state index in [1.165, 1.54) is 6.20 Å². The molecule has 0 amide bonds. The molecule has 2 aromatic heterocycles. The molecule has 0 bridgehead atoms. The van der Waals surface area contributed by atoms with E-state index in [4.69, 9.17) is 4.42 Å². The van der Waals surface area contributed by atoms with E-state index in [1.807, 2.05) is 19.1 Å². The van der Waals surface area contributed by atoms with Crippen molar-refractivity contribution in [3.05, 3.63) is 46.9 Å². The minimum atomic E-state index is -4.49. The van der Waals surface area contributed by atoms with Gasteiger partial charge < -0.3 is 4.42 Å². The molecule has 3 heterocycles. The maximum Gasteiger partial charge on any atom is 0.451 e. The smallest absolute Gasteiger partial charge is 0.451 e. The Hall–Kier alpha value is -1.89. The predicted molar refractivity (Wildman–Crippen MR) is 68.3 cm³/mol. The summed E-state index contributed by atoms with van der Waals surface area (Å²) < 4.78 is 43.2. The first-order valence-electron chi connectivity index (χ1n) is 6.61. The van der Waals surface area contributed by atoms with Crippen molar-refractivity contribution in [3.63, 3.8) is 0 Å². The first kappa shape index (κ1) is 14.1. The molecule has 0 atom stereocenters. The Morgan fingerprint density at radius 1 is 1.33 bits per heavy atom. The predicted octanol–water partition coefficient (Wildman–Crippen LogP) is 2.96. The summed E-state index contributed by atoms with van der Waals surface area (Å²) in [5, 5.41) is 0. The molecule has 0 unspecified atom stereocenters. The van der Waals surface area contributed by atoms with Crippen LogP contribution < -0.4 is 0 Å². The third-order valence-corrected chi connectivity index (χ3v) is 3.44. The fourth-order valence-corrected chi connectivity index (χ4v) is 2.44. The zero-order valence-corrected chi connectivity index (χ0v) is 11.4. The lowest BCUT2D eigenvalue weighted by molar-refractivity contribution is -0.145. The molecule has 0 radical (unpaired) electrons. The molecular formula is C14H14F3N3O. The van der Waals surface area contributed by atoms with Gasteiger partial charge in [-0.2, -0.15) is 13.2 Å². The minimum absolute atomic E-state index is 0.487. The first-order chi connectivity index (χ1) is 9.91. The third-order valence-electron chi connectivity index (χ3n) is 3.44. The molecule has 4 nitrogen and oxygen atoms in total. The largest absolute Gasteiger partial charge is 0.465 e. The third kappa shape index (κ3) is 3.07. The van der Waals surface area contributed by atoms with Crippen LogP contribution in [0.2, 0.25) is 0 Å². The van der Waals surface area contributed by atoms with Crippen LogP contribution in [0.25, 0.3) is 0 Å². The number of aromatic nitrogens is 2. The number of nitrogens with zero attached hydrogens (tertiary/aromatic N) is 3. The molecule has 1 aliphatic heterocycles. The van der Waals surface area contributed by atoms with E-state index >= 15 is 0 Å². The van der Waals surface area contributed by atoms with Crippen LogP contribution in [0.4, 0.5) is 13.2 Å². The summed E-state index contributed by atoms with van der Waals surface area (Å²) in [7, 11) is 0. The molecule has 0 spiro atoms. The lowest BCUT2D eigenvalue weighted by Crippen LogP contribution is -2.31. The Kier molecular flexibility index (Phi) is 3.44. The fourth-order valence-electron chi connectivity index (χ4n) is 2.44. The number of alkyl halides is 3. The lowest BCUT2D eigenvalue weighted by atomic mass is 10.1. The van der Waals surface area contributed by atoms with E-state index in [1.54, 1.807) is 0 Å². The minimum Gasteiger partial charge on any atom is -0.465 e. The number of rotatable bonds is 2. The van der Waals surface area contributed by atoms with Crippen LogP contribution >= 0.6 is 0 Å². The standard InChI is InChI=1S/C14H14F3N3O/c1-9-2-3-11(21-9)8-20-5-4-12-10(7-20)6-18-13(19-12)14(15,16)17/h2-3,6H,4-5,7-8H2,1H3. The quantitative estimate of drug-likeness (QED) is 0.854. The van der Waals surface area contributed by atoms with E-state index in [9.17, 15) is 13.2 Å². The van der Waals surface area contributed by atoms with E-state index in [2.05, 4.69) is 14.9 Å². The average molecular weight is 297 g/mol. The summed E-state index contributed by atoms with van der Waals surface area (Å²) in [4.78, 5) is 9.17. The van der Waals surface area contributed by atoms with Crippen molar-refractivity contribution in [2.75, 3.05) is 6.54 Å². The zero-order valence-electron chi connectivity index (χ0n) is 11.4. The van der Waals surface area contributed by atoms with Gasteiger partial charge in [-0.1, -0.05) is 0 Å². The molecular weight excluding hydrogens is 283 g/mol. The zero-order chi connectivity index (χ0) is 15.0. The number of halogens is 3. The maximum atomic E-state index is 12.6. The molecule has 7 heteroatoms. The Balaban J connectivity index is 1.74. The van der Waals surface area contributed by atoms with Crippen LogP contribution in [0.3, 0.4) is 0 Å². The highest BCUT2D eigenvalue weighted by Crippen LogP contribution is 2.28. The topological polar surface area (TPSA) is 42.2 Å². The van der Waals surface area contributed by atoms with Gasteiger partial charge >= 0.3 is 6.18 Å². The summed E-state index contributed by atoms with van der Waals surface area (Å²) in [5.74, 6) is 0.640. The Labute approximate surface area is 119 Å². The van der Waals surface area contributed by atoms with E-state index in [0.717, 1.165) is 17.1 Å². The van der Waals surface area contributed by atoms with Gasteiger partial charge in [0.05, 0.1) is 12.2 Å². The number of hydrogen-bond acceptors (Lipinski definition) is 4.